The topological polar surface area (TPSA) is 38.3 Å². The maximum atomic E-state index is 12.4. The summed E-state index contributed by atoms with van der Waals surface area (Å²) in [5, 5.41) is 1.62. The number of hydrogen-bond donors (Lipinski definition) is 1. The standard InChI is InChI=1S/C17H26ClNO2/c1-5-8-12-21-17(4,18)16(20)19-15-13(6-2)10-9-11-14(15)7-3/h9-11H,5-8,12H2,1-4H3,(H,19,20). The van der Waals surface area contributed by atoms with Crippen molar-refractivity contribution in [2.75, 3.05) is 11.9 Å². The Morgan fingerprint density at radius 2 is 1.81 bits per heavy atom. The van der Waals surface area contributed by atoms with Gasteiger partial charge in [0.05, 0.1) is 0 Å². The zero-order valence-corrected chi connectivity index (χ0v) is 14.2. The number of anilines is 1. The zero-order valence-electron chi connectivity index (χ0n) is 13.5. The van der Waals surface area contributed by atoms with Gasteiger partial charge in [-0.15, -0.1) is 0 Å². The molecule has 1 amide bonds. The van der Waals surface area contributed by atoms with Crippen LogP contribution in [-0.4, -0.2) is 17.6 Å². The monoisotopic (exact) mass is 311 g/mol. The van der Waals surface area contributed by atoms with Gasteiger partial charge in [0.15, 0.2) is 0 Å². The van der Waals surface area contributed by atoms with Gasteiger partial charge in [0.1, 0.15) is 0 Å². The smallest absolute Gasteiger partial charge is 0.272 e. The Morgan fingerprint density at radius 3 is 2.29 bits per heavy atom. The first-order valence-corrected chi connectivity index (χ1v) is 8.09. The van der Waals surface area contributed by atoms with E-state index in [1.165, 1.54) is 0 Å². The van der Waals surface area contributed by atoms with E-state index >= 15 is 0 Å². The first-order chi connectivity index (χ1) is 9.96. The number of alkyl halides is 1. The summed E-state index contributed by atoms with van der Waals surface area (Å²) in [6.45, 7) is 8.30. The highest BCUT2D eigenvalue weighted by atomic mass is 35.5. The second kappa shape index (κ2) is 8.40. The molecule has 1 aromatic carbocycles. The van der Waals surface area contributed by atoms with Crippen LogP contribution in [0.15, 0.2) is 18.2 Å². The van der Waals surface area contributed by atoms with Gasteiger partial charge in [-0.3, -0.25) is 4.79 Å². The molecule has 21 heavy (non-hydrogen) atoms. The van der Waals surface area contributed by atoms with E-state index in [-0.39, 0.29) is 5.91 Å². The highest BCUT2D eigenvalue weighted by Crippen LogP contribution is 2.26. The van der Waals surface area contributed by atoms with Crippen molar-refractivity contribution >= 4 is 23.2 Å². The van der Waals surface area contributed by atoms with Crippen LogP contribution in [0.2, 0.25) is 0 Å². The highest BCUT2D eigenvalue weighted by molar-refractivity contribution is 6.35. The molecule has 1 N–H and O–H groups in total. The second-order valence-corrected chi connectivity index (χ2v) is 5.95. The number of rotatable bonds is 8. The van der Waals surface area contributed by atoms with Crippen LogP contribution in [0, 0.1) is 0 Å². The first kappa shape index (κ1) is 18.0. The predicted molar refractivity (Wildman–Crippen MR) is 88.9 cm³/mol. The van der Waals surface area contributed by atoms with Crippen LogP contribution in [0.4, 0.5) is 5.69 Å². The fourth-order valence-electron chi connectivity index (χ4n) is 2.10. The second-order valence-electron chi connectivity index (χ2n) is 5.23. The van der Waals surface area contributed by atoms with E-state index in [9.17, 15) is 4.79 Å². The summed E-state index contributed by atoms with van der Waals surface area (Å²) in [6.07, 6.45) is 3.62. The van der Waals surface area contributed by atoms with Crippen molar-refractivity contribution in [3.8, 4) is 0 Å². The molecule has 0 fully saturated rings. The van der Waals surface area contributed by atoms with Crippen molar-refractivity contribution in [3.63, 3.8) is 0 Å². The Hall–Kier alpha value is -1.06. The van der Waals surface area contributed by atoms with Crippen LogP contribution in [0.1, 0.15) is 51.7 Å². The number of nitrogens with one attached hydrogen (secondary N) is 1. The van der Waals surface area contributed by atoms with Gasteiger partial charge in [0.25, 0.3) is 5.91 Å². The van der Waals surface area contributed by atoms with Gasteiger partial charge >= 0.3 is 0 Å². The molecule has 4 heteroatoms. The molecule has 0 aliphatic heterocycles. The van der Waals surface area contributed by atoms with E-state index in [1.807, 2.05) is 18.2 Å². The number of hydrogen-bond acceptors (Lipinski definition) is 2. The minimum atomic E-state index is -1.33. The van der Waals surface area contributed by atoms with Crippen LogP contribution >= 0.6 is 11.6 Å². The van der Waals surface area contributed by atoms with Gasteiger partial charge in [-0.1, -0.05) is 57.0 Å². The van der Waals surface area contributed by atoms with Gasteiger partial charge in [-0.2, -0.15) is 0 Å². The van der Waals surface area contributed by atoms with Crippen LogP contribution < -0.4 is 5.32 Å². The van der Waals surface area contributed by atoms with Crippen LogP contribution in [-0.2, 0) is 22.4 Å². The third-order valence-electron chi connectivity index (χ3n) is 3.51. The van der Waals surface area contributed by atoms with Gasteiger partial charge in [-0.05, 0) is 37.3 Å². The summed E-state index contributed by atoms with van der Waals surface area (Å²) < 4.78 is 5.50. The Balaban J connectivity index is 2.87. The summed E-state index contributed by atoms with van der Waals surface area (Å²) in [5.41, 5.74) is 3.10. The summed E-state index contributed by atoms with van der Waals surface area (Å²) in [7, 11) is 0. The normalized spacial score (nSPS) is 13.8. The third kappa shape index (κ3) is 5.01. The van der Waals surface area contributed by atoms with Crippen LogP contribution in [0.3, 0.4) is 0 Å². The number of unbranched alkanes of at least 4 members (excludes halogenated alkanes) is 1. The molecule has 0 aromatic heterocycles. The maximum absolute atomic E-state index is 12.4. The minimum absolute atomic E-state index is 0.309. The number of ether oxygens (including phenoxy) is 1. The van der Waals surface area contributed by atoms with E-state index in [4.69, 9.17) is 16.3 Å². The molecule has 0 aliphatic rings. The Bertz CT molecular complexity index is 450. The minimum Gasteiger partial charge on any atom is -0.351 e. The summed E-state index contributed by atoms with van der Waals surface area (Å²) in [5.74, 6) is -0.309. The molecule has 1 unspecified atom stereocenters. The lowest BCUT2D eigenvalue weighted by Crippen LogP contribution is -2.38. The molecule has 118 valence electrons. The fourth-order valence-corrected chi connectivity index (χ4v) is 2.23. The number of benzene rings is 1. The van der Waals surface area contributed by atoms with Crippen molar-refractivity contribution < 1.29 is 9.53 Å². The Morgan fingerprint density at radius 1 is 1.24 bits per heavy atom. The molecule has 0 heterocycles. The lowest BCUT2D eigenvalue weighted by Gasteiger charge is -2.23. The molecule has 1 atom stereocenters. The van der Waals surface area contributed by atoms with Crippen LogP contribution in [0.5, 0.6) is 0 Å². The fraction of sp³-hybridized carbons (Fsp3) is 0.588. The largest absolute Gasteiger partial charge is 0.351 e. The van der Waals surface area contributed by atoms with E-state index in [0.29, 0.717) is 6.61 Å². The lowest BCUT2D eigenvalue weighted by molar-refractivity contribution is -0.130. The summed E-state index contributed by atoms with van der Waals surface area (Å²) in [4.78, 5) is 12.4. The Labute approximate surface area is 133 Å². The number of halogens is 1. The van der Waals surface area contributed by atoms with Crippen molar-refractivity contribution in [3.05, 3.63) is 29.3 Å². The highest BCUT2D eigenvalue weighted by Gasteiger charge is 2.32. The number of amides is 1. The van der Waals surface area contributed by atoms with Crippen LogP contribution in [0.25, 0.3) is 0 Å². The van der Waals surface area contributed by atoms with E-state index in [2.05, 4.69) is 26.1 Å². The van der Waals surface area contributed by atoms with Gasteiger partial charge in [0.2, 0.25) is 5.06 Å². The van der Waals surface area contributed by atoms with Gasteiger partial charge < -0.3 is 10.1 Å². The van der Waals surface area contributed by atoms with Crippen molar-refractivity contribution in [2.45, 2.75) is 58.4 Å². The number of aryl methyl sites for hydroxylation is 2. The molecule has 0 bridgehead atoms. The molecule has 0 spiro atoms. The summed E-state index contributed by atoms with van der Waals surface area (Å²) >= 11 is 6.23. The van der Waals surface area contributed by atoms with E-state index in [1.54, 1.807) is 6.92 Å². The quantitative estimate of drug-likeness (QED) is 0.566. The average Bonchev–Trinajstić information content (AvgIpc) is 2.47. The van der Waals surface area contributed by atoms with E-state index in [0.717, 1.165) is 42.5 Å². The molecule has 0 aliphatic carbocycles. The first-order valence-electron chi connectivity index (χ1n) is 7.71. The molecule has 3 nitrogen and oxygen atoms in total. The molecular weight excluding hydrogens is 286 g/mol. The predicted octanol–water partition coefficient (Wildman–Crippen LogP) is 4.52. The molecule has 0 saturated heterocycles. The summed E-state index contributed by atoms with van der Waals surface area (Å²) in [6, 6.07) is 6.07. The molecule has 0 radical (unpaired) electrons. The van der Waals surface area contributed by atoms with Crippen molar-refractivity contribution in [1.82, 2.24) is 0 Å². The van der Waals surface area contributed by atoms with Crippen molar-refractivity contribution in [2.24, 2.45) is 0 Å². The van der Waals surface area contributed by atoms with E-state index < -0.39 is 5.06 Å². The number of carbonyl (C=O) groups is 1. The third-order valence-corrected chi connectivity index (χ3v) is 3.79. The molecule has 0 saturated carbocycles. The molecule has 1 aromatic rings. The Kier molecular flexibility index (Phi) is 7.20. The zero-order chi connectivity index (χ0) is 15.9. The van der Waals surface area contributed by atoms with Crippen molar-refractivity contribution in [1.29, 1.82) is 0 Å². The van der Waals surface area contributed by atoms with Gasteiger partial charge in [0, 0.05) is 12.3 Å². The number of carbonyl (C=O) groups excluding carboxylic acids is 1. The SMILES string of the molecule is CCCCOC(C)(Cl)C(=O)Nc1c(CC)cccc1CC. The van der Waals surface area contributed by atoms with Gasteiger partial charge in [-0.25, -0.2) is 0 Å². The number of para-hydroxylation sites is 1. The molecule has 1 rings (SSSR count). The lowest BCUT2D eigenvalue weighted by atomic mass is 10.0. The average molecular weight is 312 g/mol. The molecular formula is C17H26ClNO2. The maximum Gasteiger partial charge on any atom is 0.272 e.